The van der Waals surface area contributed by atoms with Crippen molar-refractivity contribution in [2.75, 3.05) is 0 Å². The van der Waals surface area contributed by atoms with Gasteiger partial charge in [0.2, 0.25) is 0 Å². The van der Waals surface area contributed by atoms with E-state index in [9.17, 15) is 4.79 Å². The van der Waals surface area contributed by atoms with E-state index in [0.717, 1.165) is 22.2 Å². The molecule has 1 aromatic heterocycles. The van der Waals surface area contributed by atoms with E-state index in [1.165, 1.54) is 0 Å². The van der Waals surface area contributed by atoms with Crippen molar-refractivity contribution in [3.8, 4) is 11.3 Å². The Morgan fingerprint density at radius 3 is 2.45 bits per heavy atom. The second-order valence-electron chi connectivity index (χ2n) is 4.64. The molecule has 0 aliphatic carbocycles. The van der Waals surface area contributed by atoms with Gasteiger partial charge in [0.1, 0.15) is 0 Å². The van der Waals surface area contributed by atoms with Gasteiger partial charge in [-0.1, -0.05) is 41.9 Å². The van der Waals surface area contributed by atoms with E-state index in [-0.39, 0.29) is 5.78 Å². The Balaban J connectivity index is 2.27. The normalized spacial score (nSPS) is 10.7. The summed E-state index contributed by atoms with van der Waals surface area (Å²) in [5.41, 5.74) is 3.25. The third kappa shape index (κ3) is 2.30. The molecule has 0 atom stereocenters. The summed E-state index contributed by atoms with van der Waals surface area (Å²) in [5.74, 6) is 0.0406. The Bertz CT molecular complexity index is 794. The van der Waals surface area contributed by atoms with Crippen LogP contribution >= 0.6 is 11.6 Å². The highest BCUT2D eigenvalue weighted by Gasteiger charge is 2.10. The fourth-order valence-electron chi connectivity index (χ4n) is 2.24. The maximum absolute atomic E-state index is 11.8. The van der Waals surface area contributed by atoms with Crippen molar-refractivity contribution >= 4 is 28.3 Å². The summed E-state index contributed by atoms with van der Waals surface area (Å²) in [4.78, 5) is 16.5. The second kappa shape index (κ2) is 5.06. The molecular weight excluding hydrogens is 270 g/mol. The van der Waals surface area contributed by atoms with Crippen molar-refractivity contribution < 1.29 is 4.79 Å². The van der Waals surface area contributed by atoms with Crippen LogP contribution < -0.4 is 0 Å². The number of fused-ring (bicyclic) bond motifs is 1. The van der Waals surface area contributed by atoms with Crippen LogP contribution in [0.15, 0.2) is 54.6 Å². The first-order valence-electron chi connectivity index (χ1n) is 6.32. The fraction of sp³-hybridized carbons (Fsp3) is 0.0588. The molecular formula is C17H12ClNO. The summed E-state index contributed by atoms with van der Waals surface area (Å²) in [6.07, 6.45) is 0. The average Bonchev–Trinajstić information content (AvgIpc) is 2.46. The Kier molecular flexibility index (Phi) is 3.25. The molecule has 0 radical (unpaired) electrons. The first-order valence-corrected chi connectivity index (χ1v) is 6.69. The largest absolute Gasteiger partial charge is 0.294 e. The summed E-state index contributed by atoms with van der Waals surface area (Å²) < 4.78 is 0. The lowest BCUT2D eigenvalue weighted by atomic mass is 10.0. The number of hydrogen-bond acceptors (Lipinski definition) is 2. The molecule has 0 spiro atoms. The Hall–Kier alpha value is -2.19. The van der Waals surface area contributed by atoms with Gasteiger partial charge in [-0.15, -0.1) is 0 Å². The van der Waals surface area contributed by atoms with Gasteiger partial charge < -0.3 is 0 Å². The molecule has 0 amide bonds. The van der Waals surface area contributed by atoms with Gasteiger partial charge in [0, 0.05) is 21.5 Å². The van der Waals surface area contributed by atoms with Crippen LogP contribution in [0.4, 0.5) is 0 Å². The number of aromatic nitrogens is 1. The average molecular weight is 282 g/mol. The van der Waals surface area contributed by atoms with Crippen molar-refractivity contribution in [2.45, 2.75) is 6.92 Å². The lowest BCUT2D eigenvalue weighted by molar-refractivity contribution is 0.101. The quantitative estimate of drug-likeness (QED) is 0.634. The lowest BCUT2D eigenvalue weighted by Crippen LogP contribution is -1.97. The molecule has 0 aliphatic rings. The highest BCUT2D eigenvalue weighted by molar-refractivity contribution is 6.30. The summed E-state index contributed by atoms with van der Waals surface area (Å²) in [6.45, 7) is 1.58. The summed E-state index contributed by atoms with van der Waals surface area (Å²) in [6, 6.07) is 17.0. The third-order valence-corrected chi connectivity index (χ3v) is 3.49. The number of hydrogen-bond donors (Lipinski definition) is 0. The smallest absolute Gasteiger partial charge is 0.160 e. The first kappa shape index (κ1) is 12.8. The van der Waals surface area contributed by atoms with Crippen LogP contribution in [0.2, 0.25) is 5.02 Å². The number of rotatable bonds is 2. The molecule has 0 bridgehead atoms. The minimum absolute atomic E-state index is 0.0406. The second-order valence-corrected chi connectivity index (χ2v) is 5.07. The Morgan fingerprint density at radius 2 is 1.75 bits per heavy atom. The molecule has 2 aromatic carbocycles. The number of ketones is 1. The van der Waals surface area contributed by atoms with Crippen LogP contribution in [0.5, 0.6) is 0 Å². The van der Waals surface area contributed by atoms with Crippen LogP contribution in [-0.2, 0) is 0 Å². The van der Waals surface area contributed by atoms with Gasteiger partial charge in [0.15, 0.2) is 5.78 Å². The predicted molar refractivity (Wildman–Crippen MR) is 82.2 cm³/mol. The van der Waals surface area contributed by atoms with Gasteiger partial charge in [0.05, 0.1) is 11.2 Å². The van der Waals surface area contributed by atoms with Crippen molar-refractivity contribution in [1.29, 1.82) is 0 Å². The zero-order valence-electron chi connectivity index (χ0n) is 10.9. The van der Waals surface area contributed by atoms with E-state index in [1.54, 1.807) is 6.92 Å². The van der Waals surface area contributed by atoms with E-state index in [0.29, 0.717) is 10.6 Å². The number of benzene rings is 2. The number of pyridine rings is 1. The summed E-state index contributed by atoms with van der Waals surface area (Å²) in [7, 11) is 0. The topological polar surface area (TPSA) is 30.0 Å². The van der Waals surface area contributed by atoms with Crippen molar-refractivity contribution in [3.05, 3.63) is 65.2 Å². The molecule has 0 saturated heterocycles. The number of halogens is 1. The zero-order valence-corrected chi connectivity index (χ0v) is 11.7. The SMILES string of the molecule is CC(=O)c1cc(-c2ccc(Cl)cc2)nc2ccccc12. The third-order valence-electron chi connectivity index (χ3n) is 3.24. The van der Waals surface area contributed by atoms with Gasteiger partial charge in [0.25, 0.3) is 0 Å². The van der Waals surface area contributed by atoms with Crippen LogP contribution in [-0.4, -0.2) is 10.8 Å². The Morgan fingerprint density at radius 1 is 1.05 bits per heavy atom. The van der Waals surface area contributed by atoms with E-state index >= 15 is 0 Å². The van der Waals surface area contributed by atoms with E-state index in [4.69, 9.17) is 11.6 Å². The number of carbonyl (C=O) groups excluding carboxylic acids is 1. The highest BCUT2D eigenvalue weighted by Crippen LogP contribution is 2.26. The highest BCUT2D eigenvalue weighted by atomic mass is 35.5. The van der Waals surface area contributed by atoms with Gasteiger partial charge >= 0.3 is 0 Å². The van der Waals surface area contributed by atoms with E-state index < -0.39 is 0 Å². The minimum Gasteiger partial charge on any atom is -0.294 e. The Labute approximate surface area is 122 Å². The molecule has 0 saturated carbocycles. The maximum Gasteiger partial charge on any atom is 0.160 e. The monoisotopic (exact) mass is 281 g/mol. The van der Waals surface area contributed by atoms with Crippen molar-refractivity contribution in [2.24, 2.45) is 0 Å². The molecule has 0 N–H and O–H groups in total. The molecule has 0 unspecified atom stereocenters. The van der Waals surface area contributed by atoms with Crippen LogP contribution in [0, 0.1) is 0 Å². The lowest BCUT2D eigenvalue weighted by Gasteiger charge is -2.07. The van der Waals surface area contributed by atoms with Gasteiger partial charge in [-0.05, 0) is 31.2 Å². The molecule has 20 heavy (non-hydrogen) atoms. The molecule has 98 valence electrons. The zero-order chi connectivity index (χ0) is 14.1. The van der Waals surface area contributed by atoms with E-state index in [2.05, 4.69) is 4.98 Å². The number of Topliss-reactive ketones (excluding diaryl/α,β-unsaturated/α-hetero) is 1. The minimum atomic E-state index is 0.0406. The van der Waals surface area contributed by atoms with E-state index in [1.807, 2.05) is 54.6 Å². The fourth-order valence-corrected chi connectivity index (χ4v) is 2.36. The first-order chi connectivity index (χ1) is 9.65. The molecule has 0 aliphatic heterocycles. The number of carbonyl (C=O) groups is 1. The van der Waals surface area contributed by atoms with Crippen molar-refractivity contribution in [3.63, 3.8) is 0 Å². The standard InChI is InChI=1S/C17H12ClNO/c1-11(20)15-10-17(12-6-8-13(18)9-7-12)19-16-5-3-2-4-14(15)16/h2-10H,1H3. The summed E-state index contributed by atoms with van der Waals surface area (Å²) in [5, 5.41) is 1.57. The summed E-state index contributed by atoms with van der Waals surface area (Å²) >= 11 is 5.90. The van der Waals surface area contributed by atoms with Gasteiger partial charge in [-0.2, -0.15) is 0 Å². The molecule has 3 heteroatoms. The van der Waals surface area contributed by atoms with Crippen LogP contribution in [0.1, 0.15) is 17.3 Å². The molecule has 1 heterocycles. The maximum atomic E-state index is 11.8. The number of para-hydroxylation sites is 1. The predicted octanol–water partition coefficient (Wildman–Crippen LogP) is 4.76. The van der Waals surface area contributed by atoms with Crippen LogP contribution in [0.3, 0.4) is 0 Å². The molecule has 2 nitrogen and oxygen atoms in total. The van der Waals surface area contributed by atoms with Crippen molar-refractivity contribution in [1.82, 2.24) is 4.98 Å². The van der Waals surface area contributed by atoms with Crippen LogP contribution in [0.25, 0.3) is 22.2 Å². The molecule has 0 fully saturated rings. The molecule has 3 aromatic rings. The molecule has 3 rings (SSSR count). The van der Waals surface area contributed by atoms with Gasteiger partial charge in [-0.25, -0.2) is 4.98 Å². The van der Waals surface area contributed by atoms with Gasteiger partial charge in [-0.3, -0.25) is 4.79 Å². The number of nitrogens with zero attached hydrogens (tertiary/aromatic N) is 1.